The fraction of sp³-hybridized carbons (Fsp3) is 0.292. The minimum absolute atomic E-state index is 0.0458. The van der Waals surface area contributed by atoms with Crippen molar-refractivity contribution in [3.8, 4) is 0 Å². The van der Waals surface area contributed by atoms with Gasteiger partial charge in [0, 0.05) is 42.9 Å². The lowest BCUT2D eigenvalue weighted by molar-refractivity contribution is -0.138. The van der Waals surface area contributed by atoms with Crippen molar-refractivity contribution in [2.75, 3.05) is 11.5 Å². The van der Waals surface area contributed by atoms with Crippen LogP contribution in [0.2, 0.25) is 0 Å². The normalized spacial score (nSPS) is 19.2. The maximum atomic E-state index is 13.4. The number of allylic oxidation sites excluding steroid dienone is 1. The fourth-order valence-corrected chi connectivity index (χ4v) is 3.98. The molecule has 0 saturated heterocycles. The highest BCUT2D eigenvalue weighted by Crippen LogP contribution is 2.47. The van der Waals surface area contributed by atoms with Crippen LogP contribution in [-0.4, -0.2) is 37.7 Å². The molecule has 160 valence electrons. The molecule has 2 heterocycles. The first-order chi connectivity index (χ1) is 15.1. The zero-order valence-electron chi connectivity index (χ0n) is 17.4. The third-order valence-electron chi connectivity index (χ3n) is 5.66. The molecule has 1 amide bonds. The molecule has 1 aliphatic heterocycles. The van der Waals surface area contributed by atoms with Crippen LogP contribution in [-0.2, 0) is 23.4 Å². The summed E-state index contributed by atoms with van der Waals surface area (Å²) < 4.78 is 1.72. The molecule has 0 fully saturated rings. The summed E-state index contributed by atoms with van der Waals surface area (Å²) in [4.78, 5) is 15.0. The van der Waals surface area contributed by atoms with Crippen molar-refractivity contribution >= 4 is 17.3 Å². The predicted octanol–water partition coefficient (Wildman–Crippen LogP) is 2.96. The maximum Gasteiger partial charge on any atom is 0.268 e. The van der Waals surface area contributed by atoms with Crippen molar-refractivity contribution in [2.24, 2.45) is 5.92 Å². The Morgan fingerprint density at radius 2 is 1.87 bits per heavy atom. The molecule has 2 atom stereocenters. The Kier molecular flexibility index (Phi) is 5.97. The molecule has 2 N–H and O–H groups in total. The van der Waals surface area contributed by atoms with E-state index in [0.29, 0.717) is 30.6 Å². The van der Waals surface area contributed by atoms with Gasteiger partial charge in [-0.3, -0.25) is 14.4 Å². The van der Waals surface area contributed by atoms with Gasteiger partial charge in [-0.05, 0) is 24.6 Å². The third kappa shape index (κ3) is 3.89. The fourth-order valence-electron chi connectivity index (χ4n) is 3.98. The number of nitrogens with zero attached hydrogens (tertiary/aromatic N) is 4. The Bertz CT molecular complexity index is 1080. The lowest BCUT2D eigenvalue weighted by Crippen LogP contribution is -2.42. The number of aromatic nitrogens is 3. The zero-order chi connectivity index (χ0) is 21.8. The van der Waals surface area contributed by atoms with Gasteiger partial charge in [0.25, 0.3) is 5.91 Å². The molecule has 0 radical (unpaired) electrons. The van der Waals surface area contributed by atoms with Gasteiger partial charge < -0.3 is 10.2 Å². The molecule has 0 aliphatic carbocycles. The van der Waals surface area contributed by atoms with Gasteiger partial charge in [-0.2, -0.15) is 0 Å². The van der Waals surface area contributed by atoms with Gasteiger partial charge in [-0.15, -0.1) is 5.10 Å². The van der Waals surface area contributed by atoms with Gasteiger partial charge in [-0.25, -0.2) is 0 Å². The third-order valence-corrected chi connectivity index (χ3v) is 5.66. The van der Waals surface area contributed by atoms with Crippen molar-refractivity contribution in [3.05, 3.63) is 84.2 Å². The number of aliphatic hydroxyl groups excluding tert-OH is 1. The van der Waals surface area contributed by atoms with Crippen molar-refractivity contribution in [1.82, 2.24) is 15.0 Å². The van der Waals surface area contributed by atoms with Crippen molar-refractivity contribution in [2.45, 2.75) is 31.9 Å². The highest BCUT2D eigenvalue weighted by molar-refractivity contribution is 6.12. The highest BCUT2D eigenvalue weighted by Gasteiger charge is 2.52. The average Bonchev–Trinajstić information content (AvgIpc) is 3.33. The van der Waals surface area contributed by atoms with E-state index >= 15 is 0 Å². The number of benzene rings is 2. The number of hydrogen-bond donors (Lipinski definition) is 2. The van der Waals surface area contributed by atoms with E-state index in [0.717, 1.165) is 11.4 Å². The minimum Gasteiger partial charge on any atom is -0.396 e. The molecule has 2 aromatic carbocycles. The number of aliphatic hydroxyl groups is 2. The van der Waals surface area contributed by atoms with E-state index in [1.54, 1.807) is 9.58 Å². The Morgan fingerprint density at radius 3 is 2.65 bits per heavy atom. The number of aryl methyl sites for hydroxylation is 1. The SMILES string of the molecule is C[C@@H](/C=C/CCn1cc(CCO)nn1)[C@]1(O)C(=O)N(c2ccccc2)c2ccccc21. The van der Waals surface area contributed by atoms with Crippen LogP contribution in [0.5, 0.6) is 0 Å². The van der Waals surface area contributed by atoms with Gasteiger partial charge >= 0.3 is 0 Å². The summed E-state index contributed by atoms with van der Waals surface area (Å²) in [5.41, 5.74) is 1.18. The molecule has 4 rings (SSSR count). The van der Waals surface area contributed by atoms with Crippen molar-refractivity contribution < 1.29 is 15.0 Å². The molecule has 7 nitrogen and oxygen atoms in total. The Hall–Kier alpha value is -3.29. The van der Waals surface area contributed by atoms with Crippen LogP contribution in [0.25, 0.3) is 0 Å². The van der Waals surface area contributed by atoms with Crippen LogP contribution in [0.3, 0.4) is 0 Å². The summed E-state index contributed by atoms with van der Waals surface area (Å²) in [6.07, 6.45) is 6.82. The Labute approximate surface area is 181 Å². The minimum atomic E-state index is -1.63. The molecule has 31 heavy (non-hydrogen) atoms. The van der Waals surface area contributed by atoms with Gasteiger partial charge in [-0.1, -0.05) is 60.7 Å². The predicted molar refractivity (Wildman–Crippen MR) is 118 cm³/mol. The van der Waals surface area contributed by atoms with Crippen LogP contribution in [0.15, 0.2) is 72.9 Å². The van der Waals surface area contributed by atoms with E-state index in [4.69, 9.17) is 5.11 Å². The van der Waals surface area contributed by atoms with E-state index in [-0.39, 0.29) is 12.5 Å². The number of carbonyl (C=O) groups is 1. The number of amides is 1. The summed E-state index contributed by atoms with van der Waals surface area (Å²) in [7, 11) is 0. The van der Waals surface area contributed by atoms with E-state index in [9.17, 15) is 9.90 Å². The molecule has 0 bridgehead atoms. The number of rotatable bonds is 8. The smallest absolute Gasteiger partial charge is 0.268 e. The largest absolute Gasteiger partial charge is 0.396 e. The van der Waals surface area contributed by atoms with E-state index in [1.165, 1.54) is 0 Å². The second-order valence-electron chi connectivity index (χ2n) is 7.71. The molecular formula is C24H26N4O3. The van der Waals surface area contributed by atoms with Gasteiger partial charge in [0.1, 0.15) is 0 Å². The standard InChI is InChI=1S/C24H26N4O3/c1-18(9-7-8-15-27-17-19(14-16-29)25-26-27)24(31)21-12-5-6-13-22(21)28(23(24)30)20-10-3-2-4-11-20/h2-7,9-13,17-18,29,31H,8,14-16H2,1H3/b9-7+/t18-,24+/m0/s1. The number of anilines is 2. The van der Waals surface area contributed by atoms with Crippen LogP contribution in [0.1, 0.15) is 24.6 Å². The van der Waals surface area contributed by atoms with Crippen LogP contribution in [0.4, 0.5) is 11.4 Å². The number of para-hydroxylation sites is 2. The zero-order valence-corrected chi connectivity index (χ0v) is 17.4. The lowest BCUT2D eigenvalue weighted by Gasteiger charge is -2.27. The monoisotopic (exact) mass is 418 g/mol. The molecule has 7 heteroatoms. The van der Waals surface area contributed by atoms with Crippen LogP contribution < -0.4 is 4.90 Å². The molecule has 0 saturated carbocycles. The average molecular weight is 418 g/mol. The summed E-state index contributed by atoms with van der Waals surface area (Å²) >= 11 is 0. The highest BCUT2D eigenvalue weighted by atomic mass is 16.3. The summed E-state index contributed by atoms with van der Waals surface area (Å²) in [6, 6.07) is 16.8. The van der Waals surface area contributed by atoms with E-state index in [2.05, 4.69) is 10.3 Å². The topological polar surface area (TPSA) is 91.5 Å². The summed E-state index contributed by atoms with van der Waals surface area (Å²) in [5.74, 6) is -0.766. The molecule has 0 spiro atoms. The second-order valence-corrected chi connectivity index (χ2v) is 7.71. The Balaban J connectivity index is 1.52. The molecule has 1 aliphatic rings. The maximum absolute atomic E-state index is 13.4. The quantitative estimate of drug-likeness (QED) is 0.549. The van der Waals surface area contributed by atoms with E-state index in [1.807, 2.05) is 79.9 Å². The number of fused-ring (bicyclic) bond motifs is 1. The van der Waals surface area contributed by atoms with Crippen molar-refractivity contribution in [1.29, 1.82) is 0 Å². The molecule has 1 aromatic heterocycles. The number of carbonyl (C=O) groups excluding carboxylic acids is 1. The lowest BCUT2D eigenvalue weighted by atomic mass is 9.83. The van der Waals surface area contributed by atoms with Crippen LogP contribution >= 0.6 is 0 Å². The molecular weight excluding hydrogens is 392 g/mol. The number of hydrogen-bond acceptors (Lipinski definition) is 5. The second kappa shape index (κ2) is 8.83. The van der Waals surface area contributed by atoms with E-state index < -0.39 is 11.5 Å². The van der Waals surface area contributed by atoms with Gasteiger partial charge in [0.15, 0.2) is 5.60 Å². The first-order valence-corrected chi connectivity index (χ1v) is 10.4. The molecule has 0 unspecified atom stereocenters. The van der Waals surface area contributed by atoms with Crippen molar-refractivity contribution in [3.63, 3.8) is 0 Å². The molecule has 3 aromatic rings. The van der Waals surface area contributed by atoms with Crippen LogP contribution in [0, 0.1) is 5.92 Å². The summed E-state index contributed by atoms with van der Waals surface area (Å²) in [6.45, 7) is 2.53. The van der Waals surface area contributed by atoms with Gasteiger partial charge in [0.05, 0.1) is 11.4 Å². The Morgan fingerprint density at radius 1 is 1.13 bits per heavy atom. The summed E-state index contributed by atoms with van der Waals surface area (Å²) in [5, 5.41) is 28.6. The first kappa shape index (κ1) is 21.0. The van der Waals surface area contributed by atoms with Gasteiger partial charge in [0.2, 0.25) is 0 Å². The first-order valence-electron chi connectivity index (χ1n) is 10.4.